The molecule has 0 saturated carbocycles. The maximum atomic E-state index is 5.61. The van der Waals surface area contributed by atoms with Crippen molar-refractivity contribution in [3.8, 4) is 0 Å². The maximum absolute atomic E-state index is 5.61. The highest BCUT2D eigenvalue weighted by molar-refractivity contribution is 5.34. The lowest BCUT2D eigenvalue weighted by molar-refractivity contribution is 0.839. The van der Waals surface area contributed by atoms with E-state index in [2.05, 4.69) is 39.0 Å². The van der Waals surface area contributed by atoms with Crippen LogP contribution < -0.4 is 5.73 Å². The van der Waals surface area contributed by atoms with Crippen molar-refractivity contribution in [1.82, 2.24) is 0 Å². The topological polar surface area (TPSA) is 26.0 Å². The third-order valence-corrected chi connectivity index (χ3v) is 2.45. The second-order valence-electron chi connectivity index (χ2n) is 3.75. The summed E-state index contributed by atoms with van der Waals surface area (Å²) in [4.78, 5) is 0. The Bertz CT molecular complexity index is 276. The molecule has 2 N–H and O–H groups in total. The van der Waals surface area contributed by atoms with Gasteiger partial charge in [-0.05, 0) is 29.0 Å². The number of rotatable bonds is 3. The van der Waals surface area contributed by atoms with E-state index in [4.69, 9.17) is 5.73 Å². The van der Waals surface area contributed by atoms with Gasteiger partial charge in [-0.15, -0.1) is 0 Å². The molecule has 0 aromatic heterocycles. The highest BCUT2D eigenvalue weighted by Gasteiger charge is 2.05. The van der Waals surface area contributed by atoms with Crippen molar-refractivity contribution in [2.75, 3.05) is 0 Å². The molecule has 0 amide bonds. The zero-order chi connectivity index (χ0) is 9.84. The third-order valence-electron chi connectivity index (χ3n) is 2.45. The van der Waals surface area contributed by atoms with Gasteiger partial charge in [0.1, 0.15) is 0 Å². The molecule has 1 aromatic carbocycles. The first-order valence-electron chi connectivity index (χ1n) is 5.00. The van der Waals surface area contributed by atoms with Crippen molar-refractivity contribution in [3.05, 3.63) is 34.9 Å². The Morgan fingerprint density at radius 1 is 1.31 bits per heavy atom. The van der Waals surface area contributed by atoms with E-state index in [1.165, 1.54) is 16.7 Å². The van der Waals surface area contributed by atoms with Crippen molar-refractivity contribution in [2.24, 2.45) is 5.73 Å². The Labute approximate surface area is 81.0 Å². The van der Waals surface area contributed by atoms with Gasteiger partial charge < -0.3 is 5.73 Å². The van der Waals surface area contributed by atoms with Crippen LogP contribution in [0.3, 0.4) is 0 Å². The largest absolute Gasteiger partial charge is 0.326 e. The minimum absolute atomic E-state index is 0.599. The van der Waals surface area contributed by atoms with Gasteiger partial charge in [-0.1, -0.05) is 39.0 Å². The van der Waals surface area contributed by atoms with Gasteiger partial charge in [-0.25, -0.2) is 0 Å². The zero-order valence-electron chi connectivity index (χ0n) is 8.80. The van der Waals surface area contributed by atoms with Gasteiger partial charge >= 0.3 is 0 Å². The van der Waals surface area contributed by atoms with Gasteiger partial charge in [0, 0.05) is 6.54 Å². The molecular weight excluding hydrogens is 158 g/mol. The van der Waals surface area contributed by atoms with Gasteiger partial charge in [-0.3, -0.25) is 0 Å². The molecule has 0 fully saturated rings. The van der Waals surface area contributed by atoms with E-state index in [1.807, 2.05) is 0 Å². The van der Waals surface area contributed by atoms with Crippen LogP contribution in [0.1, 0.15) is 43.4 Å². The molecule has 0 radical (unpaired) electrons. The van der Waals surface area contributed by atoms with E-state index in [0.29, 0.717) is 12.5 Å². The average Bonchev–Trinajstić information content (AvgIpc) is 2.16. The Kier molecular flexibility index (Phi) is 3.49. The Morgan fingerprint density at radius 2 is 2.00 bits per heavy atom. The monoisotopic (exact) mass is 177 g/mol. The van der Waals surface area contributed by atoms with Gasteiger partial charge in [0.15, 0.2) is 0 Å². The summed E-state index contributed by atoms with van der Waals surface area (Å²) in [6, 6.07) is 6.58. The van der Waals surface area contributed by atoms with E-state index >= 15 is 0 Å². The minimum atomic E-state index is 0.599. The second-order valence-corrected chi connectivity index (χ2v) is 3.75. The van der Waals surface area contributed by atoms with Crippen molar-refractivity contribution in [2.45, 2.75) is 39.7 Å². The molecule has 1 rings (SSSR count). The Morgan fingerprint density at radius 3 is 2.46 bits per heavy atom. The first-order valence-corrected chi connectivity index (χ1v) is 5.00. The molecule has 1 nitrogen and oxygen atoms in total. The van der Waals surface area contributed by atoms with Crippen molar-refractivity contribution in [1.29, 1.82) is 0 Å². The second kappa shape index (κ2) is 4.43. The smallest absolute Gasteiger partial charge is 0.0178 e. The fourth-order valence-corrected chi connectivity index (χ4v) is 1.63. The Hall–Kier alpha value is -0.820. The van der Waals surface area contributed by atoms with E-state index in [-0.39, 0.29) is 0 Å². The third kappa shape index (κ3) is 2.31. The molecule has 1 heteroatoms. The molecule has 13 heavy (non-hydrogen) atoms. The lowest BCUT2D eigenvalue weighted by Crippen LogP contribution is -2.01. The van der Waals surface area contributed by atoms with Gasteiger partial charge in [0.25, 0.3) is 0 Å². The normalized spacial score (nSPS) is 10.8. The molecular formula is C12H19N. The van der Waals surface area contributed by atoms with Gasteiger partial charge in [0.2, 0.25) is 0 Å². The standard InChI is InChI=1S/C12H19N/c1-4-11-6-5-10(8-13)7-12(11)9(2)3/h5-7,9H,4,8,13H2,1-3H3. The quantitative estimate of drug-likeness (QED) is 0.755. The van der Waals surface area contributed by atoms with Crippen LogP contribution in [0.25, 0.3) is 0 Å². The predicted molar refractivity (Wildman–Crippen MR) is 57.8 cm³/mol. The molecule has 0 bridgehead atoms. The summed E-state index contributed by atoms with van der Waals surface area (Å²) in [7, 11) is 0. The fourth-order valence-electron chi connectivity index (χ4n) is 1.63. The van der Waals surface area contributed by atoms with E-state index in [1.54, 1.807) is 0 Å². The molecule has 0 atom stereocenters. The van der Waals surface area contributed by atoms with E-state index in [0.717, 1.165) is 6.42 Å². The zero-order valence-corrected chi connectivity index (χ0v) is 8.80. The summed E-state index contributed by atoms with van der Waals surface area (Å²) in [5.41, 5.74) is 9.75. The number of hydrogen-bond acceptors (Lipinski definition) is 1. The number of hydrogen-bond donors (Lipinski definition) is 1. The van der Waals surface area contributed by atoms with E-state index in [9.17, 15) is 0 Å². The number of benzene rings is 1. The molecule has 0 unspecified atom stereocenters. The molecule has 0 aliphatic heterocycles. The molecule has 0 spiro atoms. The predicted octanol–water partition coefficient (Wildman–Crippen LogP) is 2.83. The van der Waals surface area contributed by atoms with Gasteiger partial charge in [-0.2, -0.15) is 0 Å². The molecule has 0 aliphatic carbocycles. The van der Waals surface area contributed by atoms with Crippen molar-refractivity contribution < 1.29 is 0 Å². The molecule has 0 saturated heterocycles. The summed E-state index contributed by atoms with van der Waals surface area (Å²) in [6.45, 7) is 7.30. The highest BCUT2D eigenvalue weighted by Crippen LogP contribution is 2.21. The fraction of sp³-hybridized carbons (Fsp3) is 0.500. The molecule has 72 valence electrons. The summed E-state index contributed by atoms with van der Waals surface area (Å²) in [6.07, 6.45) is 1.11. The first-order chi connectivity index (χ1) is 6.19. The Balaban J connectivity index is 3.10. The summed E-state index contributed by atoms with van der Waals surface area (Å²) < 4.78 is 0. The summed E-state index contributed by atoms with van der Waals surface area (Å²) in [5.74, 6) is 0.599. The molecule has 1 aromatic rings. The summed E-state index contributed by atoms with van der Waals surface area (Å²) >= 11 is 0. The van der Waals surface area contributed by atoms with Crippen LogP contribution in [0.2, 0.25) is 0 Å². The maximum Gasteiger partial charge on any atom is 0.0178 e. The number of nitrogens with two attached hydrogens (primary N) is 1. The van der Waals surface area contributed by atoms with Crippen LogP contribution in [-0.2, 0) is 13.0 Å². The van der Waals surface area contributed by atoms with Crippen LogP contribution in [0.15, 0.2) is 18.2 Å². The molecule has 0 heterocycles. The SMILES string of the molecule is CCc1ccc(CN)cc1C(C)C. The van der Waals surface area contributed by atoms with Crippen LogP contribution in [0.5, 0.6) is 0 Å². The van der Waals surface area contributed by atoms with Crippen LogP contribution >= 0.6 is 0 Å². The lowest BCUT2D eigenvalue weighted by atomic mass is 9.94. The summed E-state index contributed by atoms with van der Waals surface area (Å²) in [5, 5.41) is 0. The van der Waals surface area contributed by atoms with Gasteiger partial charge in [0.05, 0.1) is 0 Å². The van der Waals surface area contributed by atoms with Crippen LogP contribution in [0, 0.1) is 0 Å². The van der Waals surface area contributed by atoms with Crippen LogP contribution in [-0.4, -0.2) is 0 Å². The first kappa shape index (κ1) is 10.3. The average molecular weight is 177 g/mol. The highest BCUT2D eigenvalue weighted by atomic mass is 14.5. The van der Waals surface area contributed by atoms with Crippen molar-refractivity contribution in [3.63, 3.8) is 0 Å². The molecule has 0 aliphatic rings. The lowest BCUT2D eigenvalue weighted by Gasteiger charge is -2.12. The van der Waals surface area contributed by atoms with Crippen LogP contribution in [0.4, 0.5) is 0 Å². The van der Waals surface area contributed by atoms with E-state index < -0.39 is 0 Å². The minimum Gasteiger partial charge on any atom is -0.326 e. The number of aryl methyl sites for hydroxylation is 1. The van der Waals surface area contributed by atoms with Crippen molar-refractivity contribution >= 4 is 0 Å².